The van der Waals surface area contributed by atoms with Gasteiger partial charge in [-0.15, -0.1) is 11.3 Å². The van der Waals surface area contributed by atoms with E-state index in [1.807, 2.05) is 6.07 Å². The van der Waals surface area contributed by atoms with Gasteiger partial charge in [-0.3, -0.25) is 14.9 Å². The number of sulfone groups is 1. The van der Waals surface area contributed by atoms with Gasteiger partial charge in [0.1, 0.15) is 5.00 Å². The number of benzene rings is 1. The van der Waals surface area contributed by atoms with E-state index in [0.29, 0.717) is 28.5 Å². The average Bonchev–Trinajstić information content (AvgIpc) is 3.10. The molecule has 184 valence electrons. The summed E-state index contributed by atoms with van der Waals surface area (Å²) in [5.41, 5.74) is 1.86. The molecule has 2 N–H and O–H groups in total. The highest BCUT2D eigenvalue weighted by atomic mass is 32.2. The Morgan fingerprint density at radius 2 is 1.91 bits per heavy atom. The summed E-state index contributed by atoms with van der Waals surface area (Å²) in [6, 6.07) is 8.91. The second-order valence-electron chi connectivity index (χ2n) is 8.46. The summed E-state index contributed by atoms with van der Waals surface area (Å²) in [5.74, 6) is -0.684. The SMILES string of the molecule is CCOC(=O)NC(=O)c1c(NC(=O)CCCS(=O)(=O)Cc2ccccc2)sc2c1CCC(C)C2. The van der Waals surface area contributed by atoms with Crippen LogP contribution >= 0.6 is 11.3 Å². The molecule has 0 aliphatic heterocycles. The zero-order valence-electron chi connectivity index (χ0n) is 19.4. The minimum atomic E-state index is -3.35. The van der Waals surface area contributed by atoms with Gasteiger partial charge in [0, 0.05) is 11.3 Å². The Bertz CT molecular complexity index is 1140. The molecule has 34 heavy (non-hydrogen) atoms. The first kappa shape index (κ1) is 25.9. The molecule has 10 heteroatoms. The van der Waals surface area contributed by atoms with Crippen LogP contribution in [0.2, 0.25) is 0 Å². The summed E-state index contributed by atoms with van der Waals surface area (Å²) < 4.78 is 29.6. The average molecular weight is 507 g/mol. The molecule has 1 aliphatic rings. The first-order valence-electron chi connectivity index (χ1n) is 11.3. The van der Waals surface area contributed by atoms with Crippen molar-refractivity contribution < 1.29 is 27.5 Å². The lowest BCUT2D eigenvalue weighted by atomic mass is 9.88. The lowest BCUT2D eigenvalue weighted by Gasteiger charge is -2.18. The third kappa shape index (κ3) is 7.14. The van der Waals surface area contributed by atoms with Gasteiger partial charge < -0.3 is 10.1 Å². The fourth-order valence-electron chi connectivity index (χ4n) is 3.94. The quantitative estimate of drug-likeness (QED) is 0.529. The number of rotatable bonds is 9. The third-order valence-corrected chi connectivity index (χ3v) is 8.42. The molecule has 0 radical (unpaired) electrons. The molecule has 1 aromatic heterocycles. The maximum absolute atomic E-state index is 12.8. The van der Waals surface area contributed by atoms with E-state index in [1.165, 1.54) is 11.3 Å². The number of nitrogens with one attached hydrogen (secondary N) is 2. The molecule has 1 aromatic carbocycles. The van der Waals surface area contributed by atoms with E-state index in [-0.39, 0.29) is 36.9 Å². The van der Waals surface area contributed by atoms with Gasteiger partial charge in [0.2, 0.25) is 5.91 Å². The third-order valence-electron chi connectivity index (χ3n) is 5.57. The molecule has 0 saturated carbocycles. The van der Waals surface area contributed by atoms with Crippen LogP contribution in [0.1, 0.15) is 59.5 Å². The molecule has 8 nitrogen and oxygen atoms in total. The zero-order valence-corrected chi connectivity index (χ0v) is 21.0. The van der Waals surface area contributed by atoms with E-state index < -0.39 is 21.8 Å². The number of carbonyl (C=O) groups is 3. The maximum atomic E-state index is 12.8. The van der Waals surface area contributed by atoms with E-state index in [9.17, 15) is 22.8 Å². The largest absolute Gasteiger partial charge is 0.450 e. The molecule has 0 fully saturated rings. The van der Waals surface area contributed by atoms with Crippen molar-refractivity contribution in [2.75, 3.05) is 17.7 Å². The Morgan fingerprint density at radius 3 is 2.62 bits per heavy atom. The van der Waals surface area contributed by atoms with E-state index in [4.69, 9.17) is 4.74 Å². The Kier molecular flexibility index (Phi) is 8.84. The molecule has 0 saturated heterocycles. The predicted molar refractivity (Wildman–Crippen MR) is 132 cm³/mol. The molecule has 1 aliphatic carbocycles. The molecule has 2 aromatic rings. The van der Waals surface area contributed by atoms with Gasteiger partial charge in [0.05, 0.1) is 23.7 Å². The van der Waals surface area contributed by atoms with Crippen molar-refractivity contribution in [2.24, 2.45) is 5.92 Å². The van der Waals surface area contributed by atoms with Crippen LogP contribution in [0.5, 0.6) is 0 Å². The standard InChI is InChI=1S/C24H30N2O6S2/c1-3-32-24(29)26-22(28)21-18-12-11-16(2)14-19(18)33-23(21)25-20(27)10-7-13-34(30,31)15-17-8-5-4-6-9-17/h4-6,8-9,16H,3,7,10-15H2,1-2H3,(H,25,27)(H,26,28,29). The maximum Gasteiger partial charge on any atom is 0.414 e. The summed E-state index contributed by atoms with van der Waals surface area (Å²) in [6.45, 7) is 3.91. The number of fused-ring (bicyclic) bond motifs is 1. The van der Waals surface area contributed by atoms with E-state index in [0.717, 1.165) is 23.3 Å². The van der Waals surface area contributed by atoms with Crippen LogP contribution in [-0.4, -0.2) is 38.7 Å². The van der Waals surface area contributed by atoms with Crippen LogP contribution < -0.4 is 10.6 Å². The molecular formula is C24H30N2O6S2. The summed E-state index contributed by atoms with van der Waals surface area (Å²) in [6.07, 6.45) is 1.74. The molecule has 1 heterocycles. The van der Waals surface area contributed by atoms with Gasteiger partial charge >= 0.3 is 6.09 Å². The lowest BCUT2D eigenvalue weighted by Crippen LogP contribution is -2.32. The summed E-state index contributed by atoms with van der Waals surface area (Å²) >= 11 is 1.34. The van der Waals surface area contributed by atoms with Gasteiger partial charge in [0.15, 0.2) is 9.84 Å². The Balaban J connectivity index is 1.65. The number of thiophene rings is 1. The molecule has 1 atom stereocenters. The lowest BCUT2D eigenvalue weighted by molar-refractivity contribution is -0.116. The first-order valence-corrected chi connectivity index (χ1v) is 14.0. The molecular weight excluding hydrogens is 476 g/mol. The van der Waals surface area contributed by atoms with Crippen molar-refractivity contribution in [1.82, 2.24) is 5.32 Å². The number of carbonyl (C=O) groups excluding carboxylic acids is 3. The topological polar surface area (TPSA) is 119 Å². The number of hydrogen-bond donors (Lipinski definition) is 2. The number of ether oxygens (including phenoxy) is 1. The summed E-state index contributed by atoms with van der Waals surface area (Å²) in [7, 11) is -3.35. The Hall–Kier alpha value is -2.72. The highest BCUT2D eigenvalue weighted by Gasteiger charge is 2.29. The number of hydrogen-bond acceptors (Lipinski definition) is 7. The highest BCUT2D eigenvalue weighted by Crippen LogP contribution is 2.39. The fourth-order valence-corrected chi connectivity index (χ4v) is 6.80. The van der Waals surface area contributed by atoms with Crippen molar-refractivity contribution in [1.29, 1.82) is 0 Å². The number of imide groups is 1. The minimum Gasteiger partial charge on any atom is -0.450 e. The summed E-state index contributed by atoms with van der Waals surface area (Å²) in [4.78, 5) is 38.2. The molecule has 1 unspecified atom stereocenters. The number of amides is 3. The minimum absolute atomic E-state index is 0.00588. The van der Waals surface area contributed by atoms with Gasteiger partial charge in [0.25, 0.3) is 5.91 Å². The molecule has 3 amide bonds. The zero-order chi connectivity index (χ0) is 24.7. The normalized spacial score (nSPS) is 15.3. The van der Waals surface area contributed by atoms with Crippen LogP contribution in [0.3, 0.4) is 0 Å². The van der Waals surface area contributed by atoms with Crippen molar-refractivity contribution in [3.8, 4) is 0 Å². The van der Waals surface area contributed by atoms with E-state index in [2.05, 4.69) is 17.6 Å². The van der Waals surface area contributed by atoms with Crippen molar-refractivity contribution in [3.63, 3.8) is 0 Å². The first-order chi connectivity index (χ1) is 16.2. The predicted octanol–water partition coefficient (Wildman–Crippen LogP) is 4.09. The highest BCUT2D eigenvalue weighted by molar-refractivity contribution is 7.90. The number of anilines is 1. The van der Waals surface area contributed by atoms with Crippen LogP contribution in [-0.2, 0) is 38.0 Å². The van der Waals surface area contributed by atoms with Crippen LogP contribution in [0, 0.1) is 5.92 Å². The van der Waals surface area contributed by atoms with Gasteiger partial charge in [-0.1, -0.05) is 37.3 Å². The number of alkyl carbamates (subject to hydrolysis) is 1. The van der Waals surface area contributed by atoms with E-state index >= 15 is 0 Å². The molecule has 0 bridgehead atoms. The Morgan fingerprint density at radius 1 is 1.18 bits per heavy atom. The van der Waals surface area contributed by atoms with Gasteiger partial charge in [-0.05, 0) is 49.7 Å². The second-order valence-corrected chi connectivity index (χ2v) is 11.7. The second kappa shape index (κ2) is 11.6. The molecule has 0 spiro atoms. The van der Waals surface area contributed by atoms with Crippen molar-refractivity contribution in [3.05, 3.63) is 51.9 Å². The Labute approximate surface area is 204 Å². The van der Waals surface area contributed by atoms with Crippen molar-refractivity contribution >= 4 is 44.1 Å². The van der Waals surface area contributed by atoms with Crippen LogP contribution in [0.15, 0.2) is 30.3 Å². The van der Waals surface area contributed by atoms with Gasteiger partial charge in [-0.2, -0.15) is 0 Å². The smallest absolute Gasteiger partial charge is 0.414 e. The summed E-state index contributed by atoms with van der Waals surface area (Å²) in [5, 5.41) is 5.38. The monoisotopic (exact) mass is 506 g/mol. The van der Waals surface area contributed by atoms with Crippen LogP contribution in [0.4, 0.5) is 9.80 Å². The fraction of sp³-hybridized carbons (Fsp3) is 0.458. The van der Waals surface area contributed by atoms with Crippen LogP contribution in [0.25, 0.3) is 0 Å². The van der Waals surface area contributed by atoms with Gasteiger partial charge in [-0.25, -0.2) is 13.2 Å². The molecule has 3 rings (SSSR count). The van der Waals surface area contributed by atoms with E-state index in [1.54, 1.807) is 31.2 Å². The van der Waals surface area contributed by atoms with Crippen molar-refractivity contribution in [2.45, 2.75) is 51.7 Å².